The smallest absolute Gasteiger partial charge is 0.417 e. The van der Waals surface area contributed by atoms with Gasteiger partial charge in [-0.2, -0.15) is 0 Å². The van der Waals surface area contributed by atoms with Crippen molar-refractivity contribution in [1.29, 1.82) is 0 Å². The normalized spacial score (nSPS) is 31.9. The van der Waals surface area contributed by atoms with Gasteiger partial charge >= 0.3 is 47.6 Å². The lowest BCUT2D eigenvalue weighted by atomic mass is 10.1. The highest BCUT2D eigenvalue weighted by Crippen LogP contribution is 2.34. The molecule has 0 radical (unpaired) electrons. The molecule has 0 bridgehead atoms. The zero-order valence-electron chi connectivity index (χ0n) is 16.4. The van der Waals surface area contributed by atoms with E-state index in [0.717, 1.165) is 20.8 Å². The third-order valence-corrected chi connectivity index (χ3v) is 4.40. The fraction of sp³-hybridized carbons (Fsp3) is 0.562. The number of nitrogens with one attached hydrogen (secondary N) is 2. The van der Waals surface area contributed by atoms with Gasteiger partial charge in [0.15, 0.2) is 18.4 Å². The van der Waals surface area contributed by atoms with Gasteiger partial charge in [0.05, 0.1) is 0 Å². The summed E-state index contributed by atoms with van der Waals surface area (Å²) in [4.78, 5) is 83.6. The van der Waals surface area contributed by atoms with E-state index >= 15 is 0 Å². The summed E-state index contributed by atoms with van der Waals surface area (Å²) >= 11 is 0. The van der Waals surface area contributed by atoms with Gasteiger partial charge in [-0.05, 0) is 0 Å². The molecule has 3 aliphatic rings. The Bertz CT molecular complexity index is 887. The standard InChI is InChI=1S/C16H17N3O12/c1-5(20)27-4-8-9(28-6(2)21)10(29-7(3)22)11(30-8)19-13(24)16(18-14(19)25)12(23)17-15(26)31-16/h8-11H,4H2,1-3H3,(H,18,25)(H,17,23,26)/t8-,9-,10-,11-,16?/m1/s1. The SMILES string of the molecule is CC(=O)OC[C@H]1O[C@@H](N2C(=O)NC3(OC(=O)NC3=O)C2=O)[C@H](OC(C)=O)[C@@H]1OC(C)=O. The monoisotopic (exact) mass is 443 g/mol. The maximum absolute atomic E-state index is 12.9. The molecule has 2 N–H and O–H groups in total. The number of ether oxygens (including phenoxy) is 5. The average Bonchev–Trinajstić information content (AvgIpc) is 3.19. The van der Waals surface area contributed by atoms with Crippen molar-refractivity contribution in [3.63, 3.8) is 0 Å². The molecule has 168 valence electrons. The van der Waals surface area contributed by atoms with Crippen molar-refractivity contribution in [2.24, 2.45) is 0 Å². The molecule has 0 aromatic rings. The van der Waals surface area contributed by atoms with E-state index in [0.29, 0.717) is 4.90 Å². The molecule has 3 aliphatic heterocycles. The molecule has 3 rings (SSSR count). The minimum absolute atomic E-state index is 0.357. The van der Waals surface area contributed by atoms with Crippen molar-refractivity contribution in [1.82, 2.24) is 15.5 Å². The summed E-state index contributed by atoms with van der Waals surface area (Å²) in [6.45, 7) is 2.68. The van der Waals surface area contributed by atoms with Crippen molar-refractivity contribution in [3.05, 3.63) is 0 Å². The highest BCUT2D eigenvalue weighted by molar-refractivity contribution is 6.24. The fourth-order valence-corrected chi connectivity index (χ4v) is 3.27. The van der Waals surface area contributed by atoms with Gasteiger partial charge in [-0.25, -0.2) is 14.5 Å². The maximum atomic E-state index is 12.9. The van der Waals surface area contributed by atoms with Gasteiger partial charge in [0, 0.05) is 20.8 Å². The second kappa shape index (κ2) is 7.82. The zero-order chi connectivity index (χ0) is 23.1. The first-order valence-electron chi connectivity index (χ1n) is 8.79. The number of rotatable bonds is 5. The van der Waals surface area contributed by atoms with E-state index < -0.39 is 78.7 Å². The molecular weight excluding hydrogens is 426 g/mol. The fourth-order valence-electron chi connectivity index (χ4n) is 3.27. The highest BCUT2D eigenvalue weighted by atomic mass is 16.7. The number of imide groups is 2. The molecule has 0 aromatic carbocycles. The largest absolute Gasteiger partial charge is 0.463 e. The number of urea groups is 1. The van der Waals surface area contributed by atoms with Crippen molar-refractivity contribution >= 4 is 41.8 Å². The first-order valence-corrected chi connectivity index (χ1v) is 8.79. The van der Waals surface area contributed by atoms with E-state index in [4.69, 9.17) is 18.9 Å². The number of hydrogen-bond donors (Lipinski definition) is 2. The van der Waals surface area contributed by atoms with Crippen LogP contribution < -0.4 is 10.6 Å². The van der Waals surface area contributed by atoms with Gasteiger partial charge in [-0.15, -0.1) is 0 Å². The molecule has 3 saturated heterocycles. The van der Waals surface area contributed by atoms with E-state index in [1.54, 1.807) is 5.32 Å². The lowest BCUT2D eigenvalue weighted by molar-refractivity contribution is -0.170. The second-order valence-electron chi connectivity index (χ2n) is 6.65. The number of alkyl carbamates (subject to hydrolysis) is 1. The zero-order valence-corrected chi connectivity index (χ0v) is 16.4. The Kier molecular flexibility index (Phi) is 5.54. The van der Waals surface area contributed by atoms with Crippen LogP contribution in [0.1, 0.15) is 20.8 Å². The average molecular weight is 443 g/mol. The van der Waals surface area contributed by atoms with E-state index in [-0.39, 0.29) is 0 Å². The van der Waals surface area contributed by atoms with Crippen LogP contribution >= 0.6 is 0 Å². The molecule has 3 fully saturated rings. The molecule has 0 saturated carbocycles. The summed E-state index contributed by atoms with van der Waals surface area (Å²) in [6.07, 6.45) is -7.17. The van der Waals surface area contributed by atoms with Crippen LogP contribution in [0.2, 0.25) is 0 Å². The van der Waals surface area contributed by atoms with E-state index in [2.05, 4.69) is 4.74 Å². The first kappa shape index (κ1) is 21.9. The Balaban J connectivity index is 1.95. The van der Waals surface area contributed by atoms with Crippen LogP contribution in [-0.2, 0) is 47.7 Å². The summed E-state index contributed by atoms with van der Waals surface area (Å²) < 4.78 is 25.3. The predicted octanol–water partition coefficient (Wildman–Crippen LogP) is -2.35. The van der Waals surface area contributed by atoms with Crippen LogP contribution in [0.5, 0.6) is 0 Å². The third-order valence-electron chi connectivity index (χ3n) is 4.40. The number of esters is 3. The van der Waals surface area contributed by atoms with Crippen LogP contribution in [0.15, 0.2) is 0 Å². The third kappa shape index (κ3) is 3.86. The Morgan fingerprint density at radius 2 is 1.61 bits per heavy atom. The lowest BCUT2D eigenvalue weighted by Crippen LogP contribution is -2.55. The molecule has 31 heavy (non-hydrogen) atoms. The number of carbonyl (C=O) groups is 7. The summed E-state index contributed by atoms with van der Waals surface area (Å²) in [6, 6.07) is -1.22. The van der Waals surface area contributed by atoms with Crippen LogP contribution in [0.25, 0.3) is 0 Å². The Morgan fingerprint density at radius 3 is 2.13 bits per heavy atom. The topological polar surface area (TPSA) is 193 Å². The quantitative estimate of drug-likeness (QED) is 0.199. The molecule has 15 nitrogen and oxygen atoms in total. The van der Waals surface area contributed by atoms with Crippen LogP contribution in [0.3, 0.4) is 0 Å². The molecule has 0 aliphatic carbocycles. The van der Waals surface area contributed by atoms with Gasteiger partial charge in [0.25, 0.3) is 0 Å². The Morgan fingerprint density at radius 1 is 1.00 bits per heavy atom. The number of nitrogens with zero attached hydrogens (tertiary/aromatic N) is 1. The maximum Gasteiger partial charge on any atom is 0.417 e. The van der Waals surface area contributed by atoms with Crippen molar-refractivity contribution < 1.29 is 57.2 Å². The van der Waals surface area contributed by atoms with Gasteiger partial charge in [0.2, 0.25) is 0 Å². The van der Waals surface area contributed by atoms with Gasteiger partial charge in [-0.3, -0.25) is 34.6 Å². The molecule has 5 atom stereocenters. The molecular formula is C16H17N3O12. The van der Waals surface area contributed by atoms with E-state index in [9.17, 15) is 33.6 Å². The molecule has 0 aromatic heterocycles. The van der Waals surface area contributed by atoms with Crippen LogP contribution in [0, 0.1) is 0 Å². The molecule has 3 heterocycles. The number of amides is 5. The highest BCUT2D eigenvalue weighted by Gasteiger charge is 2.68. The summed E-state index contributed by atoms with van der Waals surface area (Å²) in [7, 11) is 0. The summed E-state index contributed by atoms with van der Waals surface area (Å²) in [5.41, 5.74) is -2.66. The molecule has 1 spiro atoms. The van der Waals surface area contributed by atoms with E-state index in [1.807, 2.05) is 5.32 Å². The van der Waals surface area contributed by atoms with Crippen molar-refractivity contribution in [2.45, 2.75) is 51.0 Å². The number of carbonyl (C=O) groups excluding carboxylic acids is 7. The lowest BCUT2D eigenvalue weighted by Gasteiger charge is -2.27. The molecule has 5 amide bonds. The summed E-state index contributed by atoms with van der Waals surface area (Å²) in [5, 5.41) is 3.67. The molecule has 15 heteroatoms. The van der Waals surface area contributed by atoms with Crippen LogP contribution in [0.4, 0.5) is 9.59 Å². The minimum Gasteiger partial charge on any atom is -0.463 e. The van der Waals surface area contributed by atoms with Crippen LogP contribution in [-0.4, -0.2) is 83.6 Å². The van der Waals surface area contributed by atoms with Gasteiger partial charge in [0.1, 0.15) is 12.7 Å². The minimum atomic E-state index is -2.66. The Labute approximate surface area is 173 Å². The summed E-state index contributed by atoms with van der Waals surface area (Å²) in [5.74, 6) is -4.99. The first-order chi connectivity index (χ1) is 14.5. The van der Waals surface area contributed by atoms with Gasteiger partial charge < -0.3 is 23.7 Å². The second-order valence-corrected chi connectivity index (χ2v) is 6.65. The number of hydrogen-bond acceptors (Lipinski definition) is 12. The van der Waals surface area contributed by atoms with Crippen molar-refractivity contribution in [3.8, 4) is 0 Å². The van der Waals surface area contributed by atoms with Gasteiger partial charge in [-0.1, -0.05) is 0 Å². The van der Waals surface area contributed by atoms with E-state index in [1.165, 1.54) is 0 Å². The predicted molar refractivity (Wildman–Crippen MR) is 89.1 cm³/mol. The molecule has 1 unspecified atom stereocenters. The Hall–Kier alpha value is -3.75. The van der Waals surface area contributed by atoms with Crippen molar-refractivity contribution in [2.75, 3.05) is 6.61 Å².